The molecule has 15 nitrogen and oxygen atoms in total. The van der Waals surface area contributed by atoms with Crippen LogP contribution in [0.25, 0.3) is 0 Å². The van der Waals surface area contributed by atoms with E-state index in [1.54, 1.807) is 24.0 Å². The highest BCUT2D eigenvalue weighted by Crippen LogP contribution is 2.72. The predicted molar refractivity (Wildman–Crippen MR) is 358 cm³/mol. The highest BCUT2D eigenvalue weighted by molar-refractivity contribution is 8.23. The number of carbonyl (C=O) groups excluding carboxylic acids is 5. The molecular weight excluding hydrogens is 1100 g/mol. The Balaban J connectivity index is 2.90. The van der Waals surface area contributed by atoms with Gasteiger partial charge in [-0.1, -0.05) is 148 Å². The molecule has 1 saturated heterocycles. The summed E-state index contributed by atoms with van der Waals surface area (Å²) in [5.74, 6) is 0.570. The highest BCUT2D eigenvalue weighted by atomic mass is 32.2. The number of anilines is 1. The number of hydrazone groups is 1. The number of thioether (sulfide) groups is 1. The van der Waals surface area contributed by atoms with Gasteiger partial charge in [-0.15, -0.1) is 0 Å². The van der Waals surface area contributed by atoms with Crippen molar-refractivity contribution in [3.8, 4) is 0 Å². The van der Waals surface area contributed by atoms with Crippen molar-refractivity contribution in [3.63, 3.8) is 0 Å². The molecule has 488 valence electrons. The van der Waals surface area contributed by atoms with Crippen LogP contribution in [-0.2, 0) is 23.9 Å². The molecule has 0 spiro atoms. The number of quaternary nitrogens is 1. The standard InChI is InChI=1S/C68H122N8O7S2/c1-23-60(15,24-2)47-62(17,57(81)72-45-51(14)77)67(31-9,32-10)65(27-5,28-6)48-63(18,68(33-11,34-12)66(29-7,30-8)49-64(19,61(16,25-3)26-4)58(82)83-43-42-76(20,21)22)56(80)70-40-39-69-54(78)38-35-50(13)73-74-53-37-36-52(46-71-53)55(79)75-41-44-85-59(75)84/h36-37,46,51,77H,23-35,38-45,47-49H2,1-22H3,(H3-,69,70,71,72,74,78,79,80,81)/p+1. The molecule has 1 aromatic rings. The average molecular weight is 1230 g/mol. The van der Waals surface area contributed by atoms with Crippen LogP contribution in [0.3, 0.4) is 0 Å². The molecule has 0 saturated carbocycles. The van der Waals surface area contributed by atoms with Gasteiger partial charge in [0.2, 0.25) is 17.7 Å². The third-order valence-corrected chi connectivity index (χ3v) is 24.3. The number of pyridine rings is 1. The number of esters is 1. The zero-order valence-corrected chi connectivity index (χ0v) is 59.4. The zero-order valence-electron chi connectivity index (χ0n) is 57.8. The third-order valence-electron chi connectivity index (χ3n) is 22.9. The first-order valence-corrected chi connectivity index (χ1v) is 34.3. The number of hydrogen-bond donors (Lipinski definition) is 5. The van der Waals surface area contributed by atoms with Crippen molar-refractivity contribution in [1.82, 2.24) is 25.8 Å². The normalized spacial score (nSPS) is 16.7. The summed E-state index contributed by atoms with van der Waals surface area (Å²) in [7, 11) is 6.32. The second-order valence-corrected chi connectivity index (χ2v) is 29.4. The van der Waals surface area contributed by atoms with Crippen molar-refractivity contribution in [3.05, 3.63) is 23.9 Å². The predicted octanol–water partition coefficient (Wildman–Crippen LogP) is 14.2. The SMILES string of the molecule is CCC(C)(CC)CC(C)(C(=O)NCC(C)O)C(CC)(CC)C(CC)(CC)CC(C)(C(=O)NCCNC(=O)CCC(C)=NNc1ccc(C(=O)N2CCSC2=S)cn1)C(CC)(CC)C(CC)(CC)CC(C)(C(=O)OCC[N+](C)(C)C)C(C)(CC)CC. The largest absolute Gasteiger partial charge is 0.459 e. The van der Waals surface area contributed by atoms with Crippen molar-refractivity contribution in [2.45, 2.75) is 247 Å². The van der Waals surface area contributed by atoms with Crippen LogP contribution in [0.4, 0.5) is 5.82 Å². The Morgan fingerprint density at radius 3 is 1.61 bits per heavy atom. The van der Waals surface area contributed by atoms with Gasteiger partial charge in [-0.3, -0.25) is 34.3 Å². The van der Waals surface area contributed by atoms with E-state index >= 15 is 14.4 Å². The van der Waals surface area contributed by atoms with E-state index < -0.39 is 49.4 Å². The van der Waals surface area contributed by atoms with Crippen molar-refractivity contribution in [2.75, 3.05) is 71.7 Å². The molecule has 0 bridgehead atoms. The lowest BCUT2D eigenvalue weighted by atomic mass is 9.37. The molecule has 2 rings (SSSR count). The maximum absolute atomic E-state index is 16.5. The van der Waals surface area contributed by atoms with E-state index in [4.69, 9.17) is 17.0 Å². The second-order valence-electron chi connectivity index (χ2n) is 27.6. The van der Waals surface area contributed by atoms with Crippen LogP contribution in [-0.4, -0.2) is 131 Å². The van der Waals surface area contributed by atoms with Gasteiger partial charge in [0.05, 0.1) is 49.1 Å². The topological polar surface area (TPSA) is 191 Å². The fourth-order valence-corrected chi connectivity index (χ4v) is 17.3. The Kier molecular flexibility index (Phi) is 29.8. The van der Waals surface area contributed by atoms with E-state index in [0.29, 0.717) is 123 Å². The minimum atomic E-state index is -1.10. The number of amides is 4. The number of ether oxygens (including phenoxy) is 1. The summed E-state index contributed by atoms with van der Waals surface area (Å²) in [6, 6.07) is 3.38. The first kappa shape index (κ1) is 77.4. The number of aliphatic hydroxyl groups excluding tert-OH is 1. The Morgan fingerprint density at radius 1 is 0.694 bits per heavy atom. The minimum absolute atomic E-state index is 0.0536. The average Bonchev–Trinajstić information content (AvgIpc) is 0.985. The summed E-state index contributed by atoms with van der Waals surface area (Å²) in [6.07, 6.45) is 11.8. The van der Waals surface area contributed by atoms with Gasteiger partial charge in [-0.25, -0.2) is 4.98 Å². The smallest absolute Gasteiger partial charge is 0.312 e. The monoisotopic (exact) mass is 1230 g/mol. The van der Waals surface area contributed by atoms with Gasteiger partial charge in [0.15, 0.2) is 0 Å². The van der Waals surface area contributed by atoms with Gasteiger partial charge in [0.25, 0.3) is 5.91 Å². The summed E-state index contributed by atoms with van der Waals surface area (Å²) >= 11 is 6.82. The minimum Gasteiger partial charge on any atom is -0.459 e. The molecule has 85 heavy (non-hydrogen) atoms. The number of aromatic nitrogens is 1. The number of nitrogens with one attached hydrogen (secondary N) is 4. The molecular formula is C68H123N8O7S2+. The van der Waals surface area contributed by atoms with Crippen LogP contribution in [0, 0.1) is 48.7 Å². The number of thiocarbonyl (C=S) groups is 1. The molecule has 0 aliphatic carbocycles. The lowest BCUT2D eigenvalue weighted by Gasteiger charge is -2.66. The Labute approximate surface area is 527 Å². The number of aliphatic hydroxyl groups is 1. The number of nitrogens with zero attached hydrogens (tertiary/aromatic N) is 4. The summed E-state index contributed by atoms with van der Waals surface area (Å²) in [4.78, 5) is 79.9. The number of likely N-dealkylation sites (N-methyl/N-ethyl adjacent to an activating group) is 1. The lowest BCUT2D eigenvalue weighted by molar-refractivity contribution is -0.870. The van der Waals surface area contributed by atoms with Crippen LogP contribution in [0.1, 0.15) is 251 Å². The van der Waals surface area contributed by atoms with Crippen LogP contribution >= 0.6 is 24.0 Å². The molecule has 1 aliphatic rings. The van der Waals surface area contributed by atoms with Gasteiger partial charge < -0.3 is 30.3 Å². The van der Waals surface area contributed by atoms with Gasteiger partial charge >= 0.3 is 5.97 Å². The fraction of sp³-hybridized carbons (Fsp3) is 0.824. The van der Waals surface area contributed by atoms with E-state index in [1.165, 1.54) is 18.0 Å². The van der Waals surface area contributed by atoms with Crippen molar-refractivity contribution in [2.24, 2.45) is 53.8 Å². The number of rotatable bonds is 40. The lowest BCUT2D eigenvalue weighted by Crippen LogP contribution is -2.65. The first-order chi connectivity index (χ1) is 39.6. The fourth-order valence-electron chi connectivity index (χ4n) is 16.1. The quantitative estimate of drug-likeness (QED) is 0.0105. The molecule has 5 N–H and O–H groups in total. The molecule has 0 radical (unpaired) electrons. The van der Waals surface area contributed by atoms with Gasteiger partial charge in [0, 0.05) is 50.3 Å². The maximum atomic E-state index is 16.5. The van der Waals surface area contributed by atoms with Crippen LogP contribution in [0.15, 0.2) is 23.4 Å². The maximum Gasteiger partial charge on any atom is 0.312 e. The summed E-state index contributed by atoms with van der Waals surface area (Å²) < 4.78 is 7.68. The molecule has 1 aromatic heterocycles. The Hall–Kier alpha value is -3.67. The molecule has 2 heterocycles. The van der Waals surface area contributed by atoms with E-state index in [0.717, 1.165) is 31.4 Å². The van der Waals surface area contributed by atoms with Gasteiger partial charge in [-0.2, -0.15) is 5.10 Å². The molecule has 17 heteroatoms. The van der Waals surface area contributed by atoms with Crippen LogP contribution < -0.4 is 21.4 Å². The summed E-state index contributed by atoms with van der Waals surface area (Å²) in [5, 5.41) is 24.9. The summed E-state index contributed by atoms with van der Waals surface area (Å²) in [6.45, 7) is 43.6. The Bertz CT molecular complexity index is 2350. The number of carbonyl (C=O) groups is 5. The highest BCUT2D eigenvalue weighted by Gasteiger charge is 2.69. The van der Waals surface area contributed by atoms with Gasteiger partial charge in [-0.05, 0) is 155 Å². The number of hydrogen-bond acceptors (Lipinski definition) is 12. The van der Waals surface area contributed by atoms with Crippen LogP contribution in [0.2, 0.25) is 0 Å². The molecule has 1 fully saturated rings. The zero-order chi connectivity index (χ0) is 65.1. The van der Waals surface area contributed by atoms with E-state index in [-0.39, 0.29) is 61.1 Å². The van der Waals surface area contributed by atoms with E-state index in [1.807, 2.05) is 6.92 Å². The van der Waals surface area contributed by atoms with Crippen molar-refractivity contribution >= 4 is 69.4 Å². The Morgan fingerprint density at radius 2 is 1.19 bits per heavy atom. The first-order valence-electron chi connectivity index (χ1n) is 32.9. The molecule has 4 atom stereocenters. The van der Waals surface area contributed by atoms with Crippen molar-refractivity contribution in [1.29, 1.82) is 0 Å². The van der Waals surface area contributed by atoms with Crippen molar-refractivity contribution < 1.29 is 38.3 Å². The molecule has 4 unspecified atom stereocenters. The molecule has 0 aromatic carbocycles. The molecule has 1 aliphatic heterocycles. The summed E-state index contributed by atoms with van der Waals surface area (Å²) in [5.41, 5.74) is -1.96. The van der Waals surface area contributed by atoms with E-state index in [2.05, 4.69) is 170 Å². The third kappa shape index (κ3) is 17.0. The van der Waals surface area contributed by atoms with Crippen LogP contribution in [0.5, 0.6) is 0 Å². The van der Waals surface area contributed by atoms with Gasteiger partial charge in [0.1, 0.15) is 23.3 Å². The second kappa shape index (κ2) is 32.7. The molecule has 4 amide bonds. The van der Waals surface area contributed by atoms with E-state index in [9.17, 15) is 14.7 Å².